The first-order valence-electron chi connectivity index (χ1n) is 5.73. The van der Waals surface area contributed by atoms with Crippen molar-refractivity contribution in [2.75, 3.05) is 0 Å². The number of carbonyl (C=O) groups is 1. The molecule has 2 nitrogen and oxygen atoms in total. The summed E-state index contributed by atoms with van der Waals surface area (Å²) in [6.45, 7) is 4.32. The molecule has 3 aliphatic rings. The third-order valence-electron chi connectivity index (χ3n) is 5.50. The van der Waals surface area contributed by atoms with Crippen LogP contribution in [-0.2, 0) is 4.79 Å². The molecule has 0 aromatic carbocycles. The van der Waals surface area contributed by atoms with E-state index in [9.17, 15) is 9.90 Å². The van der Waals surface area contributed by atoms with E-state index in [4.69, 9.17) is 0 Å². The first-order valence-corrected chi connectivity index (χ1v) is 5.73. The van der Waals surface area contributed by atoms with Crippen molar-refractivity contribution < 1.29 is 9.90 Å². The van der Waals surface area contributed by atoms with Crippen LogP contribution in [0.2, 0.25) is 0 Å². The van der Waals surface area contributed by atoms with E-state index >= 15 is 0 Å². The lowest BCUT2D eigenvalue weighted by atomic mass is 9.79. The number of hydrogen-bond acceptors (Lipinski definition) is 1. The van der Waals surface area contributed by atoms with Crippen molar-refractivity contribution in [3.63, 3.8) is 0 Å². The van der Waals surface area contributed by atoms with Gasteiger partial charge in [-0.3, -0.25) is 4.79 Å². The van der Waals surface area contributed by atoms with E-state index < -0.39 is 5.97 Å². The van der Waals surface area contributed by atoms with Gasteiger partial charge >= 0.3 is 5.97 Å². The van der Waals surface area contributed by atoms with Crippen molar-refractivity contribution in [3.05, 3.63) is 0 Å². The Bertz CT molecular complexity index is 307. The monoisotopic (exact) mass is 194 g/mol. The first-order chi connectivity index (χ1) is 6.50. The van der Waals surface area contributed by atoms with E-state index in [2.05, 4.69) is 13.8 Å². The van der Waals surface area contributed by atoms with Gasteiger partial charge in [0, 0.05) is 0 Å². The maximum absolute atomic E-state index is 11.2. The maximum atomic E-state index is 11.2. The van der Waals surface area contributed by atoms with E-state index in [0.717, 1.165) is 11.8 Å². The molecule has 3 aliphatic carbocycles. The highest BCUT2D eigenvalue weighted by molar-refractivity contribution is 5.77. The lowest BCUT2D eigenvalue weighted by Crippen LogP contribution is -2.19. The Balaban J connectivity index is 1.97. The van der Waals surface area contributed by atoms with Crippen molar-refractivity contribution in [3.8, 4) is 0 Å². The molecule has 3 saturated carbocycles. The molecule has 0 saturated heterocycles. The van der Waals surface area contributed by atoms with Crippen molar-refractivity contribution in [2.24, 2.45) is 28.6 Å². The van der Waals surface area contributed by atoms with Crippen molar-refractivity contribution >= 4 is 5.97 Å². The zero-order chi connectivity index (χ0) is 10.1. The molecule has 0 aromatic rings. The molecule has 3 fully saturated rings. The number of fused-ring (bicyclic) bond motifs is 3. The molecule has 4 unspecified atom stereocenters. The summed E-state index contributed by atoms with van der Waals surface area (Å²) in [5, 5.41) is 9.24. The van der Waals surface area contributed by atoms with Crippen LogP contribution in [0.1, 0.15) is 39.5 Å². The third-order valence-corrected chi connectivity index (χ3v) is 5.50. The average Bonchev–Trinajstić information content (AvgIpc) is 2.51. The van der Waals surface area contributed by atoms with Crippen LogP contribution in [-0.4, -0.2) is 11.1 Å². The average molecular weight is 194 g/mol. The van der Waals surface area contributed by atoms with Crippen LogP contribution < -0.4 is 0 Å². The summed E-state index contributed by atoms with van der Waals surface area (Å²) in [7, 11) is 0. The number of aliphatic carboxylic acids is 1. The fourth-order valence-electron chi connectivity index (χ4n) is 4.93. The van der Waals surface area contributed by atoms with Crippen LogP contribution in [0.15, 0.2) is 0 Å². The molecule has 1 spiro atoms. The van der Waals surface area contributed by atoms with Gasteiger partial charge in [0.2, 0.25) is 0 Å². The van der Waals surface area contributed by atoms with Gasteiger partial charge in [-0.2, -0.15) is 0 Å². The fraction of sp³-hybridized carbons (Fsp3) is 0.917. The Morgan fingerprint density at radius 2 is 2.07 bits per heavy atom. The minimum Gasteiger partial charge on any atom is -0.481 e. The molecule has 0 aliphatic heterocycles. The molecule has 2 bridgehead atoms. The molecule has 3 rings (SSSR count). The highest BCUT2D eigenvalue weighted by Crippen LogP contribution is 2.81. The lowest BCUT2D eigenvalue weighted by Gasteiger charge is -2.25. The maximum Gasteiger partial charge on any atom is 0.307 e. The van der Waals surface area contributed by atoms with Crippen molar-refractivity contribution in [1.29, 1.82) is 0 Å². The molecule has 1 N–H and O–H groups in total. The first kappa shape index (κ1) is 8.75. The molecule has 2 heteroatoms. The second kappa shape index (κ2) is 2.17. The summed E-state index contributed by atoms with van der Waals surface area (Å²) < 4.78 is 0. The molecule has 0 aromatic heterocycles. The van der Waals surface area contributed by atoms with Crippen LogP contribution in [0, 0.1) is 28.6 Å². The molecule has 14 heavy (non-hydrogen) atoms. The molecular weight excluding hydrogens is 176 g/mol. The Labute approximate surface area is 84.7 Å². The number of hydrogen-bond donors (Lipinski definition) is 1. The zero-order valence-corrected chi connectivity index (χ0v) is 8.92. The van der Waals surface area contributed by atoms with Gasteiger partial charge in [0.1, 0.15) is 0 Å². The Morgan fingerprint density at radius 1 is 1.36 bits per heavy atom. The standard InChI is InChI=1S/C12H18O2/c1-11(2)9(10(13)14)12(11)6-7-3-4-8(12)5-7/h7-9H,3-6H2,1-2H3,(H,13,14). The van der Waals surface area contributed by atoms with Crippen molar-refractivity contribution in [2.45, 2.75) is 39.5 Å². The Hall–Kier alpha value is -0.530. The van der Waals surface area contributed by atoms with E-state index in [1.807, 2.05) is 0 Å². The van der Waals surface area contributed by atoms with Gasteiger partial charge in [0.05, 0.1) is 5.92 Å². The Morgan fingerprint density at radius 3 is 2.43 bits per heavy atom. The highest BCUT2D eigenvalue weighted by Gasteiger charge is 2.79. The van der Waals surface area contributed by atoms with Crippen LogP contribution in [0.25, 0.3) is 0 Å². The largest absolute Gasteiger partial charge is 0.481 e. The summed E-state index contributed by atoms with van der Waals surface area (Å²) in [6.07, 6.45) is 5.15. The smallest absolute Gasteiger partial charge is 0.307 e. The van der Waals surface area contributed by atoms with Gasteiger partial charge in [-0.15, -0.1) is 0 Å². The summed E-state index contributed by atoms with van der Waals surface area (Å²) in [4.78, 5) is 11.2. The Kier molecular flexibility index (Phi) is 1.36. The minimum absolute atomic E-state index is 0.0506. The van der Waals surface area contributed by atoms with E-state index in [-0.39, 0.29) is 16.7 Å². The molecule has 78 valence electrons. The van der Waals surface area contributed by atoms with Crippen LogP contribution in [0.4, 0.5) is 0 Å². The van der Waals surface area contributed by atoms with Gasteiger partial charge in [-0.25, -0.2) is 0 Å². The number of rotatable bonds is 1. The summed E-state index contributed by atoms with van der Waals surface area (Å²) in [5.74, 6) is 0.972. The van der Waals surface area contributed by atoms with Gasteiger partial charge in [0.15, 0.2) is 0 Å². The zero-order valence-electron chi connectivity index (χ0n) is 8.92. The summed E-state index contributed by atoms with van der Waals surface area (Å²) >= 11 is 0. The van der Waals surface area contributed by atoms with Crippen LogP contribution in [0.3, 0.4) is 0 Å². The normalized spacial score (nSPS) is 52.6. The molecule has 4 atom stereocenters. The van der Waals surface area contributed by atoms with E-state index in [1.54, 1.807) is 0 Å². The van der Waals surface area contributed by atoms with Gasteiger partial charge < -0.3 is 5.11 Å². The van der Waals surface area contributed by atoms with Gasteiger partial charge in [0.25, 0.3) is 0 Å². The third kappa shape index (κ3) is 0.697. The molecule has 0 radical (unpaired) electrons. The topological polar surface area (TPSA) is 37.3 Å². The van der Waals surface area contributed by atoms with E-state index in [0.29, 0.717) is 0 Å². The fourth-order valence-corrected chi connectivity index (χ4v) is 4.93. The predicted octanol–water partition coefficient (Wildman–Crippen LogP) is 2.53. The van der Waals surface area contributed by atoms with Gasteiger partial charge in [-0.05, 0) is 41.9 Å². The van der Waals surface area contributed by atoms with E-state index in [1.165, 1.54) is 25.7 Å². The second-order valence-electron chi connectivity index (χ2n) is 6.11. The van der Waals surface area contributed by atoms with Crippen LogP contribution >= 0.6 is 0 Å². The molecular formula is C12H18O2. The second-order valence-corrected chi connectivity index (χ2v) is 6.11. The lowest BCUT2D eigenvalue weighted by molar-refractivity contribution is -0.140. The predicted molar refractivity (Wildman–Crippen MR) is 52.8 cm³/mol. The van der Waals surface area contributed by atoms with Gasteiger partial charge in [-0.1, -0.05) is 20.3 Å². The quantitative estimate of drug-likeness (QED) is 0.696. The van der Waals surface area contributed by atoms with Crippen molar-refractivity contribution in [1.82, 2.24) is 0 Å². The van der Waals surface area contributed by atoms with Crippen LogP contribution in [0.5, 0.6) is 0 Å². The molecule has 0 amide bonds. The summed E-state index contributed by atoms with van der Waals surface area (Å²) in [6, 6.07) is 0. The minimum atomic E-state index is -0.553. The number of carboxylic acids is 1. The SMILES string of the molecule is CC1(C)C(C(=O)O)C12CC1CCC2C1. The highest BCUT2D eigenvalue weighted by atomic mass is 16.4. The number of carboxylic acid groups (broad SMARTS) is 1. The molecule has 0 heterocycles. The summed E-state index contributed by atoms with van der Waals surface area (Å²) in [5.41, 5.74) is 0.264.